The van der Waals surface area contributed by atoms with E-state index in [0.29, 0.717) is 17.1 Å². The van der Waals surface area contributed by atoms with Crippen LogP contribution in [0.3, 0.4) is 0 Å². The van der Waals surface area contributed by atoms with Crippen LogP contribution in [0.4, 0.5) is 0 Å². The highest BCUT2D eigenvalue weighted by Gasteiger charge is 2.23. The molecule has 0 radical (unpaired) electrons. The van der Waals surface area contributed by atoms with Gasteiger partial charge in [0.1, 0.15) is 0 Å². The third kappa shape index (κ3) is 4.42. The van der Waals surface area contributed by atoms with E-state index in [4.69, 9.17) is 9.47 Å². The van der Waals surface area contributed by atoms with E-state index in [0.717, 1.165) is 11.1 Å². The van der Waals surface area contributed by atoms with E-state index in [-0.39, 0.29) is 18.1 Å². The standard InChI is InChI=1S/C21H25NO4/c1-14-6-9-17(10-7-14)21(24)15(2)22(3)20(23)13-16-8-11-18(25-4)19(12-16)26-5/h6-12,15H,13H2,1-5H3. The summed E-state index contributed by atoms with van der Waals surface area (Å²) in [6, 6.07) is 12.2. The first-order valence-electron chi connectivity index (χ1n) is 8.44. The summed E-state index contributed by atoms with van der Waals surface area (Å²) in [5.41, 5.74) is 2.50. The molecule has 2 aromatic carbocycles. The first-order chi connectivity index (χ1) is 12.4. The van der Waals surface area contributed by atoms with Gasteiger partial charge >= 0.3 is 0 Å². The minimum Gasteiger partial charge on any atom is -0.493 e. The number of ether oxygens (including phenoxy) is 2. The molecule has 1 atom stereocenters. The van der Waals surface area contributed by atoms with Crippen LogP contribution in [0.1, 0.15) is 28.4 Å². The zero-order chi connectivity index (χ0) is 19.3. The molecule has 1 amide bonds. The molecule has 0 aromatic heterocycles. The summed E-state index contributed by atoms with van der Waals surface area (Å²) in [6.07, 6.45) is 0.183. The van der Waals surface area contributed by atoms with E-state index >= 15 is 0 Å². The fraction of sp³-hybridized carbons (Fsp3) is 0.333. The number of ketones is 1. The lowest BCUT2D eigenvalue weighted by atomic mass is 10.0. The van der Waals surface area contributed by atoms with Gasteiger partial charge in [0.25, 0.3) is 0 Å². The Bertz CT molecular complexity index is 783. The van der Waals surface area contributed by atoms with Gasteiger partial charge in [-0.25, -0.2) is 0 Å². The fourth-order valence-electron chi connectivity index (χ4n) is 2.64. The molecule has 138 valence electrons. The lowest BCUT2D eigenvalue weighted by Crippen LogP contribution is -2.41. The number of carbonyl (C=O) groups excluding carboxylic acids is 2. The topological polar surface area (TPSA) is 55.8 Å². The molecular formula is C21H25NO4. The van der Waals surface area contributed by atoms with Gasteiger partial charge in [0.05, 0.1) is 26.7 Å². The molecule has 0 aliphatic rings. The molecular weight excluding hydrogens is 330 g/mol. The number of carbonyl (C=O) groups is 2. The molecule has 2 aromatic rings. The molecule has 0 heterocycles. The van der Waals surface area contributed by atoms with Gasteiger partial charge in [0.15, 0.2) is 17.3 Å². The molecule has 0 N–H and O–H groups in total. The minimum atomic E-state index is -0.537. The quantitative estimate of drug-likeness (QED) is 0.715. The average Bonchev–Trinajstić information content (AvgIpc) is 2.66. The molecule has 2 rings (SSSR count). The SMILES string of the molecule is COc1ccc(CC(=O)N(C)C(C)C(=O)c2ccc(C)cc2)cc1OC. The third-order valence-corrected chi connectivity index (χ3v) is 4.49. The first-order valence-corrected chi connectivity index (χ1v) is 8.44. The van der Waals surface area contributed by atoms with E-state index in [1.807, 2.05) is 25.1 Å². The number of likely N-dealkylation sites (N-methyl/N-ethyl adjacent to an activating group) is 1. The van der Waals surface area contributed by atoms with Crippen LogP contribution in [-0.4, -0.2) is 43.9 Å². The number of amides is 1. The summed E-state index contributed by atoms with van der Waals surface area (Å²) >= 11 is 0. The van der Waals surface area contributed by atoms with Gasteiger partial charge in [0.2, 0.25) is 5.91 Å². The predicted octanol–water partition coefficient (Wildman–Crippen LogP) is 3.28. The summed E-state index contributed by atoms with van der Waals surface area (Å²) < 4.78 is 10.5. The van der Waals surface area contributed by atoms with Crippen molar-refractivity contribution in [3.63, 3.8) is 0 Å². The Morgan fingerprint density at radius 3 is 2.19 bits per heavy atom. The van der Waals surface area contributed by atoms with E-state index < -0.39 is 6.04 Å². The number of nitrogens with zero attached hydrogens (tertiary/aromatic N) is 1. The van der Waals surface area contributed by atoms with Crippen LogP contribution < -0.4 is 9.47 Å². The Morgan fingerprint density at radius 1 is 1.00 bits per heavy atom. The van der Waals surface area contributed by atoms with E-state index in [2.05, 4.69) is 0 Å². The molecule has 0 fully saturated rings. The molecule has 0 spiro atoms. The Hall–Kier alpha value is -2.82. The maximum Gasteiger partial charge on any atom is 0.227 e. The zero-order valence-corrected chi connectivity index (χ0v) is 15.9. The Balaban J connectivity index is 2.08. The summed E-state index contributed by atoms with van der Waals surface area (Å²) in [7, 11) is 4.77. The van der Waals surface area contributed by atoms with Crippen molar-refractivity contribution in [1.29, 1.82) is 0 Å². The second-order valence-corrected chi connectivity index (χ2v) is 6.28. The molecule has 0 saturated carbocycles. The van der Waals surface area contributed by atoms with Gasteiger partial charge in [0, 0.05) is 12.6 Å². The first kappa shape index (κ1) is 19.5. The maximum atomic E-state index is 12.6. The van der Waals surface area contributed by atoms with Crippen molar-refractivity contribution in [2.24, 2.45) is 0 Å². The molecule has 1 unspecified atom stereocenters. The number of hydrogen-bond donors (Lipinski definition) is 0. The fourth-order valence-corrected chi connectivity index (χ4v) is 2.64. The van der Waals surface area contributed by atoms with Crippen molar-refractivity contribution in [1.82, 2.24) is 4.90 Å². The molecule has 0 aliphatic carbocycles. The van der Waals surface area contributed by atoms with Gasteiger partial charge in [-0.3, -0.25) is 9.59 Å². The summed E-state index contributed by atoms with van der Waals surface area (Å²) in [6.45, 7) is 3.71. The normalized spacial score (nSPS) is 11.6. The monoisotopic (exact) mass is 355 g/mol. The van der Waals surface area contributed by atoms with Crippen LogP contribution in [0.15, 0.2) is 42.5 Å². The van der Waals surface area contributed by atoms with E-state index in [9.17, 15) is 9.59 Å². The highest BCUT2D eigenvalue weighted by molar-refractivity contribution is 6.01. The van der Waals surface area contributed by atoms with Gasteiger partial charge in [-0.2, -0.15) is 0 Å². The Kier molecular flexibility index (Phi) is 6.39. The molecule has 0 bridgehead atoms. The molecule has 5 nitrogen and oxygen atoms in total. The summed E-state index contributed by atoms with van der Waals surface area (Å²) in [5.74, 6) is 0.975. The lowest BCUT2D eigenvalue weighted by molar-refractivity contribution is -0.130. The van der Waals surface area contributed by atoms with Crippen molar-refractivity contribution in [2.45, 2.75) is 26.3 Å². The Labute approximate surface area is 154 Å². The number of methoxy groups -OCH3 is 2. The van der Waals surface area contributed by atoms with Crippen LogP contribution in [0.25, 0.3) is 0 Å². The van der Waals surface area contributed by atoms with Crippen LogP contribution in [0, 0.1) is 6.92 Å². The second kappa shape index (κ2) is 8.52. The lowest BCUT2D eigenvalue weighted by Gasteiger charge is -2.24. The number of rotatable bonds is 7. The van der Waals surface area contributed by atoms with Crippen molar-refractivity contribution in [2.75, 3.05) is 21.3 Å². The van der Waals surface area contributed by atoms with Crippen LogP contribution >= 0.6 is 0 Å². The highest BCUT2D eigenvalue weighted by Crippen LogP contribution is 2.27. The molecule has 0 saturated heterocycles. The molecule has 0 aliphatic heterocycles. The number of benzene rings is 2. The third-order valence-electron chi connectivity index (χ3n) is 4.49. The van der Waals surface area contributed by atoms with Crippen LogP contribution in [0.5, 0.6) is 11.5 Å². The largest absolute Gasteiger partial charge is 0.493 e. The maximum absolute atomic E-state index is 12.6. The smallest absolute Gasteiger partial charge is 0.227 e. The average molecular weight is 355 g/mol. The minimum absolute atomic E-state index is 0.0758. The predicted molar refractivity (Wildman–Crippen MR) is 101 cm³/mol. The van der Waals surface area contributed by atoms with Crippen LogP contribution in [-0.2, 0) is 11.2 Å². The van der Waals surface area contributed by atoms with Gasteiger partial charge < -0.3 is 14.4 Å². The van der Waals surface area contributed by atoms with E-state index in [1.165, 1.54) is 4.90 Å². The number of hydrogen-bond acceptors (Lipinski definition) is 4. The van der Waals surface area contributed by atoms with Gasteiger partial charge in [-0.05, 0) is 31.5 Å². The number of aryl methyl sites for hydroxylation is 1. The Morgan fingerprint density at radius 2 is 1.62 bits per heavy atom. The number of Topliss-reactive ketones (excluding diaryl/α,β-unsaturated/α-hetero) is 1. The van der Waals surface area contributed by atoms with Crippen molar-refractivity contribution in [3.8, 4) is 11.5 Å². The summed E-state index contributed by atoms with van der Waals surface area (Å²) in [5, 5.41) is 0. The molecule has 5 heteroatoms. The zero-order valence-electron chi connectivity index (χ0n) is 15.9. The van der Waals surface area contributed by atoms with Crippen molar-refractivity contribution >= 4 is 11.7 Å². The van der Waals surface area contributed by atoms with Gasteiger partial charge in [-0.15, -0.1) is 0 Å². The van der Waals surface area contributed by atoms with Crippen LogP contribution in [0.2, 0.25) is 0 Å². The second-order valence-electron chi connectivity index (χ2n) is 6.28. The summed E-state index contributed by atoms with van der Waals surface area (Å²) in [4.78, 5) is 26.7. The van der Waals surface area contributed by atoms with Crippen molar-refractivity contribution in [3.05, 3.63) is 59.2 Å². The van der Waals surface area contributed by atoms with Crippen molar-refractivity contribution < 1.29 is 19.1 Å². The van der Waals surface area contributed by atoms with Gasteiger partial charge in [-0.1, -0.05) is 35.9 Å². The highest BCUT2D eigenvalue weighted by atomic mass is 16.5. The molecule has 26 heavy (non-hydrogen) atoms. The van der Waals surface area contributed by atoms with E-state index in [1.54, 1.807) is 52.5 Å².